The second-order valence-corrected chi connectivity index (χ2v) is 7.11. The van der Waals surface area contributed by atoms with Gasteiger partial charge in [0, 0.05) is 24.1 Å². The van der Waals surface area contributed by atoms with Crippen LogP contribution in [0.4, 0.5) is 0 Å². The first-order valence-electron chi connectivity index (χ1n) is 6.81. The highest BCUT2D eigenvalue weighted by Gasteiger charge is 2.38. The molecule has 2 aromatic heterocycles. The van der Waals surface area contributed by atoms with E-state index >= 15 is 0 Å². The lowest BCUT2D eigenvalue weighted by Crippen LogP contribution is -2.31. The van der Waals surface area contributed by atoms with Gasteiger partial charge in [0.05, 0.1) is 12.2 Å². The lowest BCUT2D eigenvalue weighted by molar-refractivity contribution is 0.382. The summed E-state index contributed by atoms with van der Waals surface area (Å²) in [4.78, 5) is 9.02. The molecule has 1 unspecified atom stereocenters. The van der Waals surface area contributed by atoms with Crippen molar-refractivity contribution in [3.63, 3.8) is 0 Å². The maximum absolute atomic E-state index is 12.7. The number of aromatic nitrogens is 4. The number of H-pyrrole nitrogens is 1. The Balaban J connectivity index is 2.00. The molecule has 2 aromatic rings. The standard InChI is InChI=1S/C13H17N5O2S/c1-9-6-10(2)17-13(16-9)12-4-3-5-18(12)21(19,20)11-7-14-15-8-11/h6-8,12H,3-5H2,1-2H3,(H,14,15). The van der Waals surface area contributed by atoms with Crippen molar-refractivity contribution in [3.8, 4) is 0 Å². The number of aromatic amines is 1. The summed E-state index contributed by atoms with van der Waals surface area (Å²) in [6, 6.07) is 1.58. The van der Waals surface area contributed by atoms with Crippen LogP contribution in [0.5, 0.6) is 0 Å². The summed E-state index contributed by atoms with van der Waals surface area (Å²) in [5.74, 6) is 0.581. The highest BCUT2D eigenvalue weighted by Crippen LogP contribution is 2.34. The van der Waals surface area contributed by atoms with Crippen molar-refractivity contribution < 1.29 is 8.42 Å². The van der Waals surface area contributed by atoms with E-state index in [1.54, 1.807) is 0 Å². The molecule has 0 aliphatic carbocycles. The average molecular weight is 307 g/mol. The molecule has 1 N–H and O–H groups in total. The van der Waals surface area contributed by atoms with E-state index in [4.69, 9.17) is 0 Å². The van der Waals surface area contributed by atoms with Gasteiger partial charge in [-0.1, -0.05) is 0 Å². The third kappa shape index (κ3) is 2.56. The van der Waals surface area contributed by atoms with Gasteiger partial charge in [-0.2, -0.15) is 9.40 Å². The predicted octanol–water partition coefficient (Wildman–Crippen LogP) is 1.34. The zero-order chi connectivity index (χ0) is 15.0. The van der Waals surface area contributed by atoms with Crippen molar-refractivity contribution in [1.29, 1.82) is 0 Å². The predicted molar refractivity (Wildman–Crippen MR) is 76.0 cm³/mol. The van der Waals surface area contributed by atoms with Gasteiger partial charge in [0.15, 0.2) is 0 Å². The Morgan fingerprint density at radius 3 is 2.62 bits per heavy atom. The van der Waals surface area contributed by atoms with E-state index in [1.165, 1.54) is 16.7 Å². The number of hydrogen-bond acceptors (Lipinski definition) is 5. The number of sulfonamides is 1. The van der Waals surface area contributed by atoms with Crippen molar-refractivity contribution in [1.82, 2.24) is 24.5 Å². The quantitative estimate of drug-likeness (QED) is 0.924. The van der Waals surface area contributed by atoms with Gasteiger partial charge in [0.1, 0.15) is 10.7 Å². The summed E-state index contributed by atoms with van der Waals surface area (Å²) in [6.45, 7) is 4.26. The number of aryl methyl sites for hydroxylation is 2. The molecular weight excluding hydrogens is 290 g/mol. The molecule has 1 aliphatic heterocycles. The Morgan fingerprint density at radius 2 is 2.00 bits per heavy atom. The summed E-state index contributed by atoms with van der Waals surface area (Å²) < 4.78 is 26.8. The molecule has 0 amide bonds. The smallest absolute Gasteiger partial charge is 0.246 e. The first-order chi connectivity index (χ1) is 9.98. The molecule has 7 nitrogen and oxygen atoms in total. The Bertz CT molecular complexity index is 722. The van der Waals surface area contributed by atoms with Gasteiger partial charge < -0.3 is 0 Å². The molecule has 1 aliphatic rings. The lowest BCUT2D eigenvalue weighted by Gasteiger charge is -2.22. The van der Waals surface area contributed by atoms with Gasteiger partial charge in [0.25, 0.3) is 0 Å². The molecule has 21 heavy (non-hydrogen) atoms. The van der Waals surface area contributed by atoms with E-state index < -0.39 is 10.0 Å². The minimum absolute atomic E-state index is 0.179. The van der Waals surface area contributed by atoms with E-state index in [0.29, 0.717) is 12.4 Å². The summed E-state index contributed by atoms with van der Waals surface area (Å²) >= 11 is 0. The van der Waals surface area contributed by atoms with Crippen molar-refractivity contribution in [2.75, 3.05) is 6.54 Å². The molecule has 3 heterocycles. The average Bonchev–Trinajstić information content (AvgIpc) is 3.10. The zero-order valence-electron chi connectivity index (χ0n) is 11.9. The molecule has 0 spiro atoms. The molecule has 1 saturated heterocycles. The molecule has 1 fully saturated rings. The van der Waals surface area contributed by atoms with Crippen LogP contribution in [0.3, 0.4) is 0 Å². The van der Waals surface area contributed by atoms with Crippen LogP contribution in [0.1, 0.15) is 36.1 Å². The van der Waals surface area contributed by atoms with Crippen LogP contribution in [0.15, 0.2) is 23.4 Å². The van der Waals surface area contributed by atoms with E-state index in [0.717, 1.165) is 24.2 Å². The fraction of sp³-hybridized carbons (Fsp3) is 0.462. The third-order valence-corrected chi connectivity index (χ3v) is 5.45. The molecule has 3 rings (SSSR count). The topological polar surface area (TPSA) is 91.8 Å². The second-order valence-electron chi connectivity index (χ2n) is 5.22. The van der Waals surface area contributed by atoms with Crippen LogP contribution in [0.2, 0.25) is 0 Å². The molecule has 0 radical (unpaired) electrons. The summed E-state index contributed by atoms with van der Waals surface area (Å²) in [7, 11) is -3.56. The fourth-order valence-electron chi connectivity index (χ4n) is 2.70. The first-order valence-corrected chi connectivity index (χ1v) is 8.25. The molecule has 0 bridgehead atoms. The number of rotatable bonds is 3. The van der Waals surface area contributed by atoms with Crippen molar-refractivity contribution in [2.45, 2.75) is 37.6 Å². The Morgan fingerprint density at radius 1 is 1.29 bits per heavy atom. The van der Waals surface area contributed by atoms with Crippen molar-refractivity contribution in [2.24, 2.45) is 0 Å². The van der Waals surface area contributed by atoms with E-state index in [-0.39, 0.29) is 10.9 Å². The van der Waals surface area contributed by atoms with Gasteiger partial charge >= 0.3 is 0 Å². The SMILES string of the molecule is Cc1cc(C)nc(C2CCCN2S(=O)(=O)c2cn[nH]c2)n1. The largest absolute Gasteiger partial charge is 0.284 e. The third-order valence-electron chi connectivity index (χ3n) is 3.58. The zero-order valence-corrected chi connectivity index (χ0v) is 12.8. The van der Waals surface area contributed by atoms with E-state index in [2.05, 4.69) is 20.2 Å². The number of nitrogens with one attached hydrogen (secondary N) is 1. The minimum atomic E-state index is -3.56. The summed E-state index contributed by atoms with van der Waals surface area (Å²) in [5, 5.41) is 6.27. The first kappa shape index (κ1) is 14.2. The van der Waals surface area contributed by atoms with Crippen LogP contribution in [-0.2, 0) is 10.0 Å². The van der Waals surface area contributed by atoms with Crippen LogP contribution >= 0.6 is 0 Å². The molecule has 0 aromatic carbocycles. The summed E-state index contributed by atoms with van der Waals surface area (Å²) in [6.07, 6.45) is 4.26. The van der Waals surface area contributed by atoms with Crippen LogP contribution < -0.4 is 0 Å². The molecule has 112 valence electrons. The van der Waals surface area contributed by atoms with Crippen LogP contribution in [0.25, 0.3) is 0 Å². The van der Waals surface area contributed by atoms with E-state index in [9.17, 15) is 8.42 Å². The monoisotopic (exact) mass is 307 g/mol. The second kappa shape index (κ2) is 5.19. The number of nitrogens with zero attached hydrogens (tertiary/aromatic N) is 4. The maximum atomic E-state index is 12.7. The van der Waals surface area contributed by atoms with Crippen LogP contribution in [0, 0.1) is 13.8 Å². The van der Waals surface area contributed by atoms with Crippen molar-refractivity contribution >= 4 is 10.0 Å². The normalized spacial score (nSPS) is 20.0. The molecule has 1 atom stereocenters. The lowest BCUT2D eigenvalue weighted by atomic mass is 10.2. The van der Waals surface area contributed by atoms with E-state index in [1.807, 2.05) is 19.9 Å². The van der Waals surface area contributed by atoms with Crippen molar-refractivity contribution in [3.05, 3.63) is 35.7 Å². The highest BCUT2D eigenvalue weighted by atomic mass is 32.2. The molecular formula is C13H17N5O2S. The Labute approximate surface area is 123 Å². The Hall–Kier alpha value is -1.80. The van der Waals surface area contributed by atoms with Gasteiger partial charge in [-0.25, -0.2) is 18.4 Å². The van der Waals surface area contributed by atoms with Crippen LogP contribution in [-0.4, -0.2) is 39.4 Å². The number of hydrogen-bond donors (Lipinski definition) is 1. The van der Waals surface area contributed by atoms with Gasteiger partial charge in [0.2, 0.25) is 10.0 Å². The maximum Gasteiger partial charge on any atom is 0.246 e. The van der Waals surface area contributed by atoms with Gasteiger partial charge in [-0.05, 0) is 32.8 Å². The highest BCUT2D eigenvalue weighted by molar-refractivity contribution is 7.89. The summed E-state index contributed by atoms with van der Waals surface area (Å²) in [5.41, 5.74) is 1.70. The fourth-order valence-corrected chi connectivity index (χ4v) is 4.27. The van der Waals surface area contributed by atoms with Gasteiger partial charge in [-0.15, -0.1) is 0 Å². The van der Waals surface area contributed by atoms with Gasteiger partial charge in [-0.3, -0.25) is 5.10 Å². The minimum Gasteiger partial charge on any atom is -0.284 e. The Kier molecular flexibility index (Phi) is 3.50. The molecule has 8 heteroatoms. The molecule has 0 saturated carbocycles.